The van der Waals surface area contributed by atoms with Gasteiger partial charge in [0.2, 0.25) is 5.91 Å². The van der Waals surface area contributed by atoms with E-state index < -0.39 is 0 Å². The molecule has 1 amide bonds. The first-order valence-corrected chi connectivity index (χ1v) is 9.78. The summed E-state index contributed by atoms with van der Waals surface area (Å²) in [6, 6.07) is 23.1. The number of thiophene rings is 1. The van der Waals surface area contributed by atoms with Gasteiger partial charge in [-0.15, -0.1) is 11.3 Å². The molecule has 0 saturated heterocycles. The molecule has 3 nitrogen and oxygen atoms in total. The largest absolute Gasteiger partial charge is 0.355 e. The third kappa shape index (κ3) is 5.28. The van der Waals surface area contributed by atoms with Crippen LogP contribution in [0.15, 0.2) is 72.1 Å². The maximum absolute atomic E-state index is 12.0. The molecule has 2 N–H and O–H groups in total. The van der Waals surface area contributed by atoms with Gasteiger partial charge in [0.05, 0.1) is 6.54 Å². The minimum Gasteiger partial charge on any atom is -0.355 e. The highest BCUT2D eigenvalue weighted by Gasteiger charge is 2.08. The Hall–Kier alpha value is -2.43. The Labute approximate surface area is 159 Å². The number of benzene rings is 2. The van der Waals surface area contributed by atoms with Gasteiger partial charge in [0.25, 0.3) is 0 Å². The predicted molar refractivity (Wildman–Crippen MR) is 109 cm³/mol. The molecule has 0 radical (unpaired) electrons. The molecule has 2 aromatic carbocycles. The maximum Gasteiger partial charge on any atom is 0.233 e. The van der Waals surface area contributed by atoms with Gasteiger partial charge < -0.3 is 10.6 Å². The van der Waals surface area contributed by atoms with E-state index in [0.29, 0.717) is 13.1 Å². The number of carbonyl (C=O) groups is 1. The van der Waals surface area contributed by atoms with Crippen molar-refractivity contribution in [2.75, 3.05) is 13.1 Å². The number of hydrogen-bond acceptors (Lipinski definition) is 3. The smallest absolute Gasteiger partial charge is 0.233 e. The van der Waals surface area contributed by atoms with Crippen LogP contribution in [0.5, 0.6) is 0 Å². The average molecular weight is 365 g/mol. The normalized spacial score (nSPS) is 11.9. The van der Waals surface area contributed by atoms with Crippen LogP contribution in [0.1, 0.15) is 23.4 Å². The fourth-order valence-electron chi connectivity index (χ4n) is 2.80. The maximum atomic E-state index is 12.0. The Bertz CT molecular complexity index is 798. The minimum atomic E-state index is 0.0364. The molecule has 0 spiro atoms. The summed E-state index contributed by atoms with van der Waals surface area (Å²) in [5, 5.41) is 8.31. The van der Waals surface area contributed by atoms with Gasteiger partial charge in [0.1, 0.15) is 0 Å². The molecule has 1 unspecified atom stereocenters. The molecule has 0 fully saturated rings. The Morgan fingerprint density at radius 3 is 2.38 bits per heavy atom. The first kappa shape index (κ1) is 18.4. The second-order valence-electron chi connectivity index (χ2n) is 6.27. The van der Waals surface area contributed by atoms with E-state index in [9.17, 15) is 4.79 Å². The molecule has 0 aliphatic rings. The van der Waals surface area contributed by atoms with Crippen LogP contribution < -0.4 is 10.6 Å². The summed E-state index contributed by atoms with van der Waals surface area (Å²) in [6.07, 6.45) is 0.889. The molecule has 134 valence electrons. The van der Waals surface area contributed by atoms with Crippen molar-refractivity contribution in [1.29, 1.82) is 0 Å². The lowest BCUT2D eigenvalue weighted by atomic mass is 10.0. The highest BCUT2D eigenvalue weighted by molar-refractivity contribution is 7.09. The summed E-state index contributed by atoms with van der Waals surface area (Å²) in [7, 11) is 0. The third-order valence-corrected chi connectivity index (χ3v) is 5.30. The van der Waals surface area contributed by atoms with Gasteiger partial charge >= 0.3 is 0 Å². The van der Waals surface area contributed by atoms with Crippen LogP contribution in [0.25, 0.3) is 11.1 Å². The van der Waals surface area contributed by atoms with E-state index >= 15 is 0 Å². The summed E-state index contributed by atoms with van der Waals surface area (Å²) in [5.41, 5.74) is 3.59. The van der Waals surface area contributed by atoms with Crippen LogP contribution in [0, 0.1) is 0 Å². The van der Waals surface area contributed by atoms with Gasteiger partial charge in [-0.3, -0.25) is 4.79 Å². The monoisotopic (exact) mass is 364 g/mol. The molecule has 4 heteroatoms. The van der Waals surface area contributed by atoms with Gasteiger partial charge in [-0.25, -0.2) is 0 Å². The Morgan fingerprint density at radius 1 is 0.962 bits per heavy atom. The molecule has 0 aliphatic heterocycles. The van der Waals surface area contributed by atoms with Crippen molar-refractivity contribution in [1.82, 2.24) is 10.6 Å². The fourth-order valence-corrected chi connectivity index (χ4v) is 3.51. The zero-order valence-corrected chi connectivity index (χ0v) is 15.8. The van der Waals surface area contributed by atoms with Crippen LogP contribution in [0.3, 0.4) is 0 Å². The second kappa shape index (κ2) is 9.32. The van der Waals surface area contributed by atoms with Crippen molar-refractivity contribution in [3.8, 4) is 11.1 Å². The summed E-state index contributed by atoms with van der Waals surface area (Å²) < 4.78 is 0. The zero-order chi connectivity index (χ0) is 18.2. The molecule has 0 aliphatic carbocycles. The molecule has 0 bridgehead atoms. The van der Waals surface area contributed by atoms with Crippen LogP contribution in [-0.4, -0.2) is 19.0 Å². The van der Waals surface area contributed by atoms with Crippen molar-refractivity contribution in [3.63, 3.8) is 0 Å². The van der Waals surface area contributed by atoms with Crippen molar-refractivity contribution < 1.29 is 4.79 Å². The van der Waals surface area contributed by atoms with Gasteiger partial charge in [-0.2, -0.15) is 0 Å². The Morgan fingerprint density at radius 2 is 1.69 bits per heavy atom. The van der Waals surface area contributed by atoms with E-state index in [1.165, 1.54) is 21.6 Å². The topological polar surface area (TPSA) is 41.1 Å². The molecule has 1 aromatic heterocycles. The van der Waals surface area contributed by atoms with Crippen LogP contribution in [-0.2, 0) is 11.2 Å². The van der Waals surface area contributed by atoms with E-state index in [-0.39, 0.29) is 11.9 Å². The number of hydrogen-bond donors (Lipinski definition) is 2. The highest BCUT2D eigenvalue weighted by Crippen LogP contribution is 2.21. The van der Waals surface area contributed by atoms with Gasteiger partial charge in [0.15, 0.2) is 0 Å². The van der Waals surface area contributed by atoms with E-state index in [4.69, 9.17) is 0 Å². The van der Waals surface area contributed by atoms with Crippen molar-refractivity contribution in [2.24, 2.45) is 0 Å². The van der Waals surface area contributed by atoms with Crippen LogP contribution in [0.2, 0.25) is 0 Å². The molecular formula is C22H24N2OS. The molecular weight excluding hydrogens is 340 g/mol. The highest BCUT2D eigenvalue weighted by atomic mass is 32.1. The van der Waals surface area contributed by atoms with E-state index in [1.807, 2.05) is 24.3 Å². The van der Waals surface area contributed by atoms with Crippen molar-refractivity contribution in [2.45, 2.75) is 19.4 Å². The molecule has 1 atom stereocenters. The van der Waals surface area contributed by atoms with Crippen molar-refractivity contribution >= 4 is 17.2 Å². The summed E-state index contributed by atoms with van der Waals surface area (Å²) >= 11 is 1.72. The predicted octanol–water partition coefficient (Wildman–Crippen LogP) is 4.42. The first-order valence-electron chi connectivity index (χ1n) is 8.90. The second-order valence-corrected chi connectivity index (χ2v) is 7.30. The summed E-state index contributed by atoms with van der Waals surface area (Å²) in [4.78, 5) is 13.3. The number of nitrogens with one attached hydrogen (secondary N) is 2. The SMILES string of the molecule is CC(NCC(=O)NCCc1cccs1)c1ccc(-c2ccccc2)cc1. The third-order valence-electron chi connectivity index (χ3n) is 4.36. The van der Waals surface area contributed by atoms with Gasteiger partial charge in [0, 0.05) is 17.5 Å². The van der Waals surface area contributed by atoms with Crippen LogP contribution in [0.4, 0.5) is 0 Å². The minimum absolute atomic E-state index is 0.0364. The number of carbonyl (C=O) groups excluding carboxylic acids is 1. The summed E-state index contributed by atoms with van der Waals surface area (Å²) in [6.45, 7) is 3.09. The van der Waals surface area contributed by atoms with Gasteiger partial charge in [-0.1, -0.05) is 60.7 Å². The molecule has 3 aromatic rings. The fraction of sp³-hybridized carbons (Fsp3) is 0.227. The Kier molecular flexibility index (Phi) is 6.58. The molecule has 0 saturated carbocycles. The lowest BCUT2D eigenvalue weighted by Crippen LogP contribution is -2.35. The van der Waals surface area contributed by atoms with E-state index in [2.05, 4.69) is 65.4 Å². The first-order chi connectivity index (χ1) is 12.7. The Balaban J connectivity index is 1.44. The van der Waals surface area contributed by atoms with Crippen molar-refractivity contribution in [3.05, 3.63) is 82.6 Å². The lowest BCUT2D eigenvalue weighted by Gasteiger charge is -2.15. The van der Waals surface area contributed by atoms with E-state index in [0.717, 1.165) is 6.42 Å². The molecule has 3 rings (SSSR count). The summed E-state index contributed by atoms with van der Waals surface area (Å²) in [5.74, 6) is 0.0364. The number of rotatable bonds is 8. The standard InChI is InChI=1S/C22H24N2OS/c1-17(24-16-22(25)23-14-13-21-8-5-15-26-21)18-9-11-20(12-10-18)19-6-3-2-4-7-19/h2-12,15,17,24H,13-14,16H2,1H3,(H,23,25). The average Bonchev–Trinajstić information content (AvgIpc) is 3.20. The van der Waals surface area contributed by atoms with E-state index in [1.54, 1.807) is 11.3 Å². The van der Waals surface area contributed by atoms with Crippen LogP contribution >= 0.6 is 11.3 Å². The number of amides is 1. The zero-order valence-electron chi connectivity index (χ0n) is 14.9. The quantitative estimate of drug-likeness (QED) is 0.621. The van der Waals surface area contributed by atoms with Gasteiger partial charge in [-0.05, 0) is 41.5 Å². The molecule has 26 heavy (non-hydrogen) atoms. The lowest BCUT2D eigenvalue weighted by molar-refractivity contribution is -0.120. The molecule has 1 heterocycles.